The molecule has 0 N–H and O–H groups in total. The Labute approximate surface area is 109 Å². The molecule has 0 aromatic heterocycles. The molecule has 98 valence electrons. The van der Waals surface area contributed by atoms with Crippen LogP contribution in [0.1, 0.15) is 24.8 Å². The highest BCUT2D eigenvalue weighted by Gasteiger charge is 2.25. The largest absolute Gasteiger partial charge is 0.486 e. The molecule has 18 heavy (non-hydrogen) atoms. The zero-order valence-electron chi connectivity index (χ0n) is 11.2. The first kappa shape index (κ1) is 11.8. The smallest absolute Gasteiger partial charge is 0.161 e. The minimum Gasteiger partial charge on any atom is -0.486 e. The van der Waals surface area contributed by atoms with Gasteiger partial charge in [-0.3, -0.25) is 0 Å². The molecule has 0 bridgehead atoms. The molecule has 2 aliphatic rings. The Balaban J connectivity index is 1.76. The molecule has 3 nitrogen and oxygen atoms in total. The molecule has 1 aromatic rings. The predicted octanol–water partition coefficient (Wildman–Crippen LogP) is 2.59. The van der Waals surface area contributed by atoms with Crippen molar-refractivity contribution in [2.24, 2.45) is 0 Å². The van der Waals surface area contributed by atoms with Crippen molar-refractivity contribution in [3.05, 3.63) is 23.8 Å². The van der Waals surface area contributed by atoms with Gasteiger partial charge in [0.2, 0.25) is 0 Å². The van der Waals surface area contributed by atoms with E-state index in [9.17, 15) is 0 Å². The highest BCUT2D eigenvalue weighted by Crippen LogP contribution is 2.32. The van der Waals surface area contributed by atoms with Gasteiger partial charge in [-0.15, -0.1) is 0 Å². The van der Waals surface area contributed by atoms with E-state index >= 15 is 0 Å². The standard InChI is InChI=1S/C15H22NO2/c1-16(7-3-2-4-8-16)12-13-5-6-14-15(11-13)18-10-9-17-14/h5-6,11H,2-4,7-10,12H2,1H3/q+1. The van der Waals surface area contributed by atoms with Crippen molar-refractivity contribution in [2.45, 2.75) is 25.8 Å². The lowest BCUT2D eigenvalue weighted by atomic mass is 10.1. The van der Waals surface area contributed by atoms with Crippen LogP contribution in [-0.4, -0.2) is 37.8 Å². The van der Waals surface area contributed by atoms with Gasteiger partial charge in [0.25, 0.3) is 0 Å². The molecule has 1 saturated heterocycles. The van der Waals surface area contributed by atoms with Gasteiger partial charge in [0.05, 0.1) is 20.1 Å². The van der Waals surface area contributed by atoms with Crippen LogP contribution in [0.2, 0.25) is 0 Å². The van der Waals surface area contributed by atoms with Crippen molar-refractivity contribution in [1.82, 2.24) is 0 Å². The van der Waals surface area contributed by atoms with Gasteiger partial charge in [-0.05, 0) is 37.5 Å². The topological polar surface area (TPSA) is 18.5 Å². The van der Waals surface area contributed by atoms with Gasteiger partial charge in [0.15, 0.2) is 11.5 Å². The third-order valence-electron chi connectivity index (χ3n) is 4.07. The fourth-order valence-electron chi connectivity index (χ4n) is 3.06. The lowest BCUT2D eigenvalue weighted by molar-refractivity contribution is -0.926. The molecule has 3 heteroatoms. The van der Waals surface area contributed by atoms with E-state index in [1.807, 2.05) is 0 Å². The quantitative estimate of drug-likeness (QED) is 0.749. The van der Waals surface area contributed by atoms with Crippen LogP contribution < -0.4 is 9.47 Å². The third-order valence-corrected chi connectivity index (χ3v) is 4.07. The van der Waals surface area contributed by atoms with Gasteiger partial charge in [-0.25, -0.2) is 0 Å². The average Bonchev–Trinajstić information content (AvgIpc) is 2.39. The second kappa shape index (κ2) is 4.81. The Kier molecular flexibility index (Phi) is 3.16. The lowest BCUT2D eigenvalue weighted by Gasteiger charge is -2.38. The fraction of sp³-hybridized carbons (Fsp3) is 0.600. The Hall–Kier alpha value is -1.22. The number of hydrogen-bond acceptors (Lipinski definition) is 2. The number of quaternary nitrogens is 1. The summed E-state index contributed by atoms with van der Waals surface area (Å²) < 4.78 is 12.4. The van der Waals surface area contributed by atoms with Crippen molar-refractivity contribution < 1.29 is 14.0 Å². The molecule has 0 amide bonds. The summed E-state index contributed by atoms with van der Waals surface area (Å²) in [5.41, 5.74) is 1.36. The van der Waals surface area contributed by atoms with Crippen LogP contribution in [0.5, 0.6) is 11.5 Å². The van der Waals surface area contributed by atoms with E-state index in [1.54, 1.807) is 0 Å². The monoisotopic (exact) mass is 248 g/mol. The second-order valence-corrected chi connectivity index (χ2v) is 5.76. The molecule has 3 rings (SSSR count). The van der Waals surface area contributed by atoms with E-state index in [4.69, 9.17) is 9.47 Å². The molecule has 0 unspecified atom stereocenters. The predicted molar refractivity (Wildman–Crippen MR) is 70.9 cm³/mol. The third kappa shape index (κ3) is 2.46. The van der Waals surface area contributed by atoms with Gasteiger partial charge < -0.3 is 14.0 Å². The van der Waals surface area contributed by atoms with Gasteiger partial charge in [0, 0.05) is 5.56 Å². The van der Waals surface area contributed by atoms with Crippen LogP contribution in [0.25, 0.3) is 0 Å². The maximum Gasteiger partial charge on any atom is 0.161 e. The maximum atomic E-state index is 5.65. The van der Waals surface area contributed by atoms with Crippen molar-refractivity contribution in [1.29, 1.82) is 0 Å². The summed E-state index contributed by atoms with van der Waals surface area (Å²) in [6.45, 7) is 5.04. The first-order valence-corrected chi connectivity index (χ1v) is 6.97. The van der Waals surface area contributed by atoms with Crippen LogP contribution >= 0.6 is 0 Å². The molecule has 0 aliphatic carbocycles. The molecule has 1 aromatic carbocycles. The Morgan fingerprint density at radius 1 is 1.00 bits per heavy atom. The molecule has 0 atom stereocenters. The summed E-state index contributed by atoms with van der Waals surface area (Å²) >= 11 is 0. The Morgan fingerprint density at radius 3 is 2.50 bits per heavy atom. The first-order valence-electron chi connectivity index (χ1n) is 6.97. The molecule has 0 spiro atoms. The summed E-state index contributed by atoms with van der Waals surface area (Å²) in [6, 6.07) is 6.40. The fourth-order valence-corrected chi connectivity index (χ4v) is 3.06. The van der Waals surface area contributed by atoms with Gasteiger partial charge in [-0.1, -0.05) is 0 Å². The summed E-state index contributed by atoms with van der Waals surface area (Å²) in [4.78, 5) is 0. The van der Waals surface area contributed by atoms with E-state index < -0.39 is 0 Å². The highest BCUT2D eigenvalue weighted by molar-refractivity contribution is 5.43. The molecule has 2 aliphatic heterocycles. The van der Waals surface area contributed by atoms with Crippen LogP contribution in [0.3, 0.4) is 0 Å². The average molecular weight is 248 g/mol. The normalized spacial score (nSPS) is 21.6. The van der Waals surface area contributed by atoms with Crippen molar-refractivity contribution >= 4 is 0 Å². The van der Waals surface area contributed by atoms with Crippen LogP contribution in [0.4, 0.5) is 0 Å². The van der Waals surface area contributed by atoms with Crippen molar-refractivity contribution in [2.75, 3.05) is 33.4 Å². The molecule has 1 fully saturated rings. The highest BCUT2D eigenvalue weighted by atomic mass is 16.6. The van der Waals surface area contributed by atoms with E-state index in [0.29, 0.717) is 13.2 Å². The van der Waals surface area contributed by atoms with E-state index in [1.165, 1.54) is 42.4 Å². The van der Waals surface area contributed by atoms with E-state index in [0.717, 1.165) is 18.0 Å². The minimum absolute atomic E-state index is 0.667. The number of fused-ring (bicyclic) bond motifs is 1. The number of likely N-dealkylation sites (tertiary alicyclic amines) is 1. The van der Waals surface area contributed by atoms with Crippen LogP contribution in [0, 0.1) is 0 Å². The van der Waals surface area contributed by atoms with Gasteiger partial charge in [0.1, 0.15) is 19.8 Å². The summed E-state index contributed by atoms with van der Waals surface area (Å²) in [7, 11) is 2.37. The summed E-state index contributed by atoms with van der Waals surface area (Å²) in [6.07, 6.45) is 4.12. The van der Waals surface area contributed by atoms with Crippen LogP contribution in [0.15, 0.2) is 18.2 Å². The summed E-state index contributed by atoms with van der Waals surface area (Å²) in [5, 5.41) is 0. The summed E-state index contributed by atoms with van der Waals surface area (Å²) in [5.74, 6) is 1.81. The van der Waals surface area contributed by atoms with Crippen molar-refractivity contribution in [3.8, 4) is 11.5 Å². The zero-order valence-corrected chi connectivity index (χ0v) is 11.2. The SMILES string of the molecule is C[N+]1(Cc2ccc3c(c2)OCCO3)CCCCC1. The second-order valence-electron chi connectivity index (χ2n) is 5.76. The van der Waals surface area contributed by atoms with Crippen molar-refractivity contribution in [3.63, 3.8) is 0 Å². The number of benzene rings is 1. The zero-order chi connectivity index (χ0) is 12.4. The number of ether oxygens (including phenoxy) is 2. The van der Waals surface area contributed by atoms with Gasteiger partial charge >= 0.3 is 0 Å². The Bertz CT molecular complexity index is 425. The number of hydrogen-bond donors (Lipinski definition) is 0. The lowest BCUT2D eigenvalue weighted by Crippen LogP contribution is -2.46. The molecular weight excluding hydrogens is 226 g/mol. The number of nitrogens with zero attached hydrogens (tertiary/aromatic N) is 1. The van der Waals surface area contributed by atoms with E-state index in [2.05, 4.69) is 25.2 Å². The maximum absolute atomic E-state index is 5.65. The molecule has 2 heterocycles. The molecule has 0 saturated carbocycles. The minimum atomic E-state index is 0.667. The first-order chi connectivity index (χ1) is 8.75. The number of rotatable bonds is 2. The number of piperidine rings is 1. The Morgan fingerprint density at radius 2 is 1.72 bits per heavy atom. The van der Waals surface area contributed by atoms with Gasteiger partial charge in [-0.2, -0.15) is 0 Å². The van der Waals surface area contributed by atoms with Crippen LogP contribution in [-0.2, 0) is 6.54 Å². The van der Waals surface area contributed by atoms with E-state index in [-0.39, 0.29) is 0 Å². The molecule has 0 radical (unpaired) electrons. The molecular formula is C15H22NO2+.